The highest BCUT2D eigenvalue weighted by molar-refractivity contribution is 7.95. The molecule has 0 aromatic heterocycles. The van der Waals surface area contributed by atoms with E-state index in [-0.39, 0.29) is 24.5 Å². The summed E-state index contributed by atoms with van der Waals surface area (Å²) < 4.78 is 5.22. The Kier molecular flexibility index (Phi) is 5.64. The predicted octanol–water partition coefficient (Wildman–Crippen LogP) is 2.53. The third-order valence-corrected chi connectivity index (χ3v) is 4.19. The first-order valence-corrected chi connectivity index (χ1v) is 7.71. The molecule has 1 saturated heterocycles. The molecule has 1 fully saturated rings. The minimum absolute atomic E-state index is 0.0861. The van der Waals surface area contributed by atoms with Crippen LogP contribution in [0.4, 0.5) is 0 Å². The lowest BCUT2D eigenvalue weighted by molar-refractivity contribution is -0.137. The molecular weight excluding hydrogens is 290 g/mol. The maximum absolute atomic E-state index is 11.9. The van der Waals surface area contributed by atoms with Crippen LogP contribution in [0.3, 0.4) is 0 Å². The summed E-state index contributed by atoms with van der Waals surface area (Å²) in [6, 6.07) is 7.50. The van der Waals surface area contributed by atoms with E-state index in [4.69, 9.17) is 9.29 Å². The number of nitrogens with one attached hydrogen (secondary N) is 1. The lowest BCUT2D eigenvalue weighted by Crippen LogP contribution is -2.36. The van der Waals surface area contributed by atoms with Crippen LogP contribution in [0.25, 0.3) is 0 Å². The van der Waals surface area contributed by atoms with Gasteiger partial charge in [-0.05, 0) is 38.3 Å². The summed E-state index contributed by atoms with van der Waals surface area (Å²) in [6.45, 7) is 2.00. The van der Waals surface area contributed by atoms with Crippen molar-refractivity contribution in [2.75, 3.05) is 0 Å². The van der Waals surface area contributed by atoms with Crippen LogP contribution in [0, 0.1) is 6.92 Å². The summed E-state index contributed by atoms with van der Waals surface area (Å²) in [4.78, 5) is 23.4. The highest BCUT2D eigenvalue weighted by atomic mass is 32.2. The maximum Gasteiger partial charge on any atom is 0.335 e. The second-order valence-corrected chi connectivity index (χ2v) is 6.03. The van der Waals surface area contributed by atoms with Gasteiger partial charge in [-0.2, -0.15) is 0 Å². The van der Waals surface area contributed by atoms with E-state index in [0.717, 1.165) is 28.9 Å². The van der Waals surface area contributed by atoms with Gasteiger partial charge in [0.2, 0.25) is 0 Å². The van der Waals surface area contributed by atoms with Crippen molar-refractivity contribution in [3.8, 4) is 0 Å². The molecule has 5 nitrogen and oxygen atoms in total. The number of carbonyl (C=O) groups is 2. The van der Waals surface area contributed by atoms with Gasteiger partial charge in [-0.1, -0.05) is 17.7 Å². The van der Waals surface area contributed by atoms with Crippen LogP contribution in [0.15, 0.2) is 29.2 Å². The zero-order valence-electron chi connectivity index (χ0n) is 11.9. The Balaban J connectivity index is 1.74. The molecule has 21 heavy (non-hydrogen) atoms. The van der Waals surface area contributed by atoms with Crippen LogP contribution >= 0.6 is 12.0 Å². The van der Waals surface area contributed by atoms with E-state index in [9.17, 15) is 9.59 Å². The summed E-state index contributed by atoms with van der Waals surface area (Å²) in [5.74, 6) is -1.10. The topological polar surface area (TPSA) is 75.6 Å². The fraction of sp³-hybridized carbons (Fsp3) is 0.467. The zero-order chi connectivity index (χ0) is 15.2. The lowest BCUT2D eigenvalue weighted by Gasteiger charge is -2.12. The molecule has 2 rings (SSSR count). The quantitative estimate of drug-likeness (QED) is 0.787. The third kappa shape index (κ3) is 5.06. The van der Waals surface area contributed by atoms with Gasteiger partial charge in [0, 0.05) is 17.4 Å². The van der Waals surface area contributed by atoms with Crippen molar-refractivity contribution >= 4 is 24.0 Å². The van der Waals surface area contributed by atoms with Crippen molar-refractivity contribution < 1.29 is 18.9 Å². The standard InChI is InChI=1S/C15H19NO4S/c1-10-2-6-12(7-3-10)21-20-15(19)13-8-4-11(16-13)5-9-14(17)18/h2-3,6-7,11,13,16H,4-5,8-9H2,1H3,(H,17,18)/t11-,13?/m0/s1. The zero-order valence-corrected chi connectivity index (χ0v) is 12.7. The normalized spacial score (nSPS) is 21.2. The number of hydrogen-bond acceptors (Lipinski definition) is 5. The van der Waals surface area contributed by atoms with Gasteiger partial charge in [0.1, 0.15) is 6.04 Å². The Bertz CT molecular complexity index is 503. The van der Waals surface area contributed by atoms with E-state index < -0.39 is 5.97 Å². The molecule has 0 radical (unpaired) electrons. The van der Waals surface area contributed by atoms with Crippen LogP contribution in [-0.4, -0.2) is 29.1 Å². The third-order valence-electron chi connectivity index (χ3n) is 3.47. The first kappa shape index (κ1) is 15.9. The maximum atomic E-state index is 11.9. The number of hydrogen-bond donors (Lipinski definition) is 2. The van der Waals surface area contributed by atoms with Crippen molar-refractivity contribution in [3.05, 3.63) is 29.8 Å². The number of carboxylic acids is 1. The number of aliphatic carboxylic acids is 1. The highest BCUT2D eigenvalue weighted by Gasteiger charge is 2.30. The predicted molar refractivity (Wildman–Crippen MR) is 79.9 cm³/mol. The Morgan fingerprint density at radius 1 is 1.33 bits per heavy atom. The van der Waals surface area contributed by atoms with Crippen molar-refractivity contribution in [2.45, 2.75) is 49.6 Å². The van der Waals surface area contributed by atoms with Crippen molar-refractivity contribution in [2.24, 2.45) is 0 Å². The number of rotatable bonds is 6. The molecule has 1 aliphatic heterocycles. The van der Waals surface area contributed by atoms with Gasteiger partial charge in [-0.3, -0.25) is 4.79 Å². The molecule has 0 amide bonds. The van der Waals surface area contributed by atoms with Crippen LogP contribution < -0.4 is 5.32 Å². The van der Waals surface area contributed by atoms with Crippen molar-refractivity contribution in [3.63, 3.8) is 0 Å². The van der Waals surface area contributed by atoms with Gasteiger partial charge >= 0.3 is 11.9 Å². The number of benzene rings is 1. The minimum atomic E-state index is -0.808. The molecule has 0 saturated carbocycles. The number of carboxylic acid groups (broad SMARTS) is 1. The average Bonchev–Trinajstić information content (AvgIpc) is 2.93. The first-order chi connectivity index (χ1) is 10.0. The van der Waals surface area contributed by atoms with Crippen LogP contribution in [0.5, 0.6) is 0 Å². The second kappa shape index (κ2) is 7.47. The molecule has 6 heteroatoms. The molecule has 2 atom stereocenters. The molecule has 0 spiro atoms. The molecule has 1 aromatic rings. The largest absolute Gasteiger partial charge is 0.481 e. The van der Waals surface area contributed by atoms with Gasteiger partial charge in [0.05, 0.1) is 12.0 Å². The summed E-state index contributed by atoms with van der Waals surface area (Å²) >= 11 is 1.06. The molecule has 0 aliphatic carbocycles. The Labute approximate surface area is 128 Å². The van der Waals surface area contributed by atoms with Gasteiger partial charge < -0.3 is 14.6 Å². The van der Waals surface area contributed by atoms with E-state index in [1.165, 1.54) is 0 Å². The fourth-order valence-electron chi connectivity index (χ4n) is 2.27. The van der Waals surface area contributed by atoms with Gasteiger partial charge in [0.25, 0.3) is 0 Å². The molecule has 1 aliphatic rings. The molecule has 1 heterocycles. The van der Waals surface area contributed by atoms with Crippen molar-refractivity contribution in [1.29, 1.82) is 0 Å². The van der Waals surface area contributed by atoms with Crippen LogP contribution in [0.1, 0.15) is 31.2 Å². The lowest BCUT2D eigenvalue weighted by atomic mass is 10.1. The van der Waals surface area contributed by atoms with Crippen molar-refractivity contribution in [1.82, 2.24) is 5.32 Å². The number of aryl methyl sites for hydroxylation is 1. The molecule has 0 bridgehead atoms. The SMILES string of the molecule is Cc1ccc(SOC(=O)C2CC[C@@H](CCC(=O)O)N2)cc1. The summed E-state index contributed by atoms with van der Waals surface area (Å²) in [5, 5.41) is 11.8. The van der Waals surface area contributed by atoms with Gasteiger partial charge in [-0.25, -0.2) is 4.79 Å². The van der Waals surface area contributed by atoms with Gasteiger partial charge in [0.15, 0.2) is 0 Å². The molecule has 1 unspecified atom stereocenters. The van der Waals surface area contributed by atoms with E-state index in [2.05, 4.69) is 5.32 Å². The van der Waals surface area contributed by atoms with Gasteiger partial charge in [-0.15, -0.1) is 0 Å². The molecule has 1 aromatic carbocycles. The van der Waals surface area contributed by atoms with Crippen LogP contribution in [0.2, 0.25) is 0 Å². The number of carbonyl (C=O) groups excluding carboxylic acids is 1. The second-order valence-electron chi connectivity index (χ2n) is 5.22. The Morgan fingerprint density at radius 2 is 2.05 bits per heavy atom. The molecular formula is C15H19NO4S. The summed E-state index contributed by atoms with van der Waals surface area (Å²) in [5.41, 5.74) is 1.16. The monoisotopic (exact) mass is 309 g/mol. The summed E-state index contributed by atoms with van der Waals surface area (Å²) in [7, 11) is 0. The first-order valence-electron chi connectivity index (χ1n) is 6.97. The Hall–Kier alpha value is -1.53. The van der Waals surface area contributed by atoms with E-state index in [0.29, 0.717) is 12.8 Å². The highest BCUT2D eigenvalue weighted by Crippen LogP contribution is 2.23. The van der Waals surface area contributed by atoms with E-state index in [1.54, 1.807) is 0 Å². The van der Waals surface area contributed by atoms with Crippen LogP contribution in [-0.2, 0) is 13.8 Å². The minimum Gasteiger partial charge on any atom is -0.481 e. The van der Waals surface area contributed by atoms with E-state index in [1.807, 2.05) is 31.2 Å². The smallest absolute Gasteiger partial charge is 0.335 e. The average molecular weight is 309 g/mol. The van der Waals surface area contributed by atoms with E-state index >= 15 is 0 Å². The Morgan fingerprint density at radius 3 is 2.71 bits per heavy atom. The summed E-state index contributed by atoms with van der Waals surface area (Å²) in [6.07, 6.45) is 2.17. The molecule has 2 N–H and O–H groups in total. The molecule has 114 valence electrons. The fourth-order valence-corrected chi connectivity index (χ4v) is 2.81.